The zero-order valence-electron chi connectivity index (χ0n) is 11.1. The van der Waals surface area contributed by atoms with E-state index in [1.54, 1.807) is 28.2 Å². The molecule has 2 amide bonds. The molecule has 1 aliphatic rings. The first-order valence-corrected chi connectivity index (χ1v) is 7.14. The molecule has 1 atom stereocenters. The number of carboxylic acids is 1. The molecule has 5 nitrogen and oxygen atoms in total. The lowest BCUT2D eigenvalue weighted by atomic mass is 10.0. The zero-order chi connectivity index (χ0) is 14.0. The molecule has 0 aromatic carbocycles. The van der Waals surface area contributed by atoms with Crippen LogP contribution in [0.15, 0.2) is 17.5 Å². The van der Waals surface area contributed by atoms with Crippen molar-refractivity contribution in [1.82, 2.24) is 9.80 Å². The highest BCUT2D eigenvalue weighted by Gasteiger charge is 2.37. The molecule has 0 radical (unpaired) electrons. The standard InChI is InChI=1S/C13H18N2O3S/c1-9(6-11-4-3-5-19-11)14(2)13(18)15-7-10(8-15)12(16)17/h3-5,9-10H,6-8H2,1-2H3,(H,16,17). The Morgan fingerprint density at radius 1 is 1.58 bits per heavy atom. The summed E-state index contributed by atoms with van der Waals surface area (Å²) in [5, 5.41) is 10.8. The number of likely N-dealkylation sites (tertiary alicyclic amines) is 1. The van der Waals surface area contributed by atoms with Crippen LogP contribution in [0.25, 0.3) is 0 Å². The van der Waals surface area contributed by atoms with Gasteiger partial charge in [0.15, 0.2) is 0 Å². The molecule has 6 heteroatoms. The molecule has 1 fully saturated rings. The summed E-state index contributed by atoms with van der Waals surface area (Å²) in [5.74, 6) is -1.22. The van der Waals surface area contributed by atoms with Gasteiger partial charge in [0.25, 0.3) is 0 Å². The van der Waals surface area contributed by atoms with Gasteiger partial charge in [0.1, 0.15) is 0 Å². The Labute approximate surface area is 116 Å². The van der Waals surface area contributed by atoms with Crippen LogP contribution in [0.3, 0.4) is 0 Å². The molecule has 1 unspecified atom stereocenters. The van der Waals surface area contributed by atoms with Crippen molar-refractivity contribution in [2.45, 2.75) is 19.4 Å². The third-order valence-electron chi connectivity index (χ3n) is 3.54. The van der Waals surface area contributed by atoms with Crippen molar-refractivity contribution in [3.8, 4) is 0 Å². The molecule has 1 N–H and O–H groups in total. The summed E-state index contributed by atoms with van der Waals surface area (Å²) < 4.78 is 0. The predicted octanol–water partition coefficient (Wildman–Crippen LogP) is 1.75. The molecule has 104 valence electrons. The Balaban J connectivity index is 1.84. The minimum Gasteiger partial charge on any atom is -0.481 e. The number of thiophene rings is 1. The van der Waals surface area contributed by atoms with Crippen LogP contribution in [0.1, 0.15) is 11.8 Å². The van der Waals surface area contributed by atoms with Crippen LogP contribution in [0.4, 0.5) is 4.79 Å². The summed E-state index contributed by atoms with van der Waals surface area (Å²) in [5.41, 5.74) is 0. The first-order chi connectivity index (χ1) is 8.99. The van der Waals surface area contributed by atoms with Crippen LogP contribution >= 0.6 is 11.3 Å². The van der Waals surface area contributed by atoms with Gasteiger partial charge in [0.2, 0.25) is 0 Å². The number of carboxylic acid groups (broad SMARTS) is 1. The van der Waals surface area contributed by atoms with Crippen molar-refractivity contribution in [1.29, 1.82) is 0 Å². The highest BCUT2D eigenvalue weighted by molar-refractivity contribution is 7.09. The van der Waals surface area contributed by atoms with Crippen molar-refractivity contribution < 1.29 is 14.7 Å². The molecule has 1 aromatic heterocycles. The maximum atomic E-state index is 12.1. The second kappa shape index (κ2) is 5.61. The lowest BCUT2D eigenvalue weighted by Crippen LogP contribution is -2.57. The number of amides is 2. The van der Waals surface area contributed by atoms with Gasteiger partial charge in [-0.2, -0.15) is 0 Å². The number of carbonyl (C=O) groups is 2. The maximum absolute atomic E-state index is 12.1. The third kappa shape index (κ3) is 3.07. The topological polar surface area (TPSA) is 60.9 Å². The lowest BCUT2D eigenvalue weighted by Gasteiger charge is -2.40. The lowest BCUT2D eigenvalue weighted by molar-refractivity contribution is -0.146. The van der Waals surface area contributed by atoms with Crippen LogP contribution in [-0.2, 0) is 11.2 Å². The normalized spacial score (nSPS) is 16.8. The minimum atomic E-state index is -0.821. The van der Waals surface area contributed by atoms with Gasteiger partial charge in [0.05, 0.1) is 5.92 Å². The minimum absolute atomic E-state index is 0.0819. The highest BCUT2D eigenvalue weighted by Crippen LogP contribution is 2.19. The van der Waals surface area contributed by atoms with Crippen molar-refractivity contribution in [3.63, 3.8) is 0 Å². The number of carbonyl (C=O) groups excluding carboxylic acids is 1. The number of aliphatic carboxylic acids is 1. The molecule has 0 aliphatic carbocycles. The van der Waals surface area contributed by atoms with Gasteiger partial charge in [-0.3, -0.25) is 4.79 Å². The van der Waals surface area contributed by atoms with Crippen LogP contribution in [0.2, 0.25) is 0 Å². The van der Waals surface area contributed by atoms with Gasteiger partial charge in [-0.25, -0.2) is 4.79 Å². The summed E-state index contributed by atoms with van der Waals surface area (Å²) in [4.78, 5) is 27.4. The molecular weight excluding hydrogens is 264 g/mol. The van der Waals surface area contributed by atoms with E-state index in [1.807, 2.05) is 18.4 Å². The van der Waals surface area contributed by atoms with Crippen molar-refractivity contribution in [2.24, 2.45) is 5.92 Å². The fourth-order valence-electron chi connectivity index (χ4n) is 2.06. The molecule has 1 aromatic rings. The monoisotopic (exact) mass is 282 g/mol. The number of hydrogen-bond acceptors (Lipinski definition) is 3. The number of hydrogen-bond donors (Lipinski definition) is 1. The van der Waals surface area contributed by atoms with Gasteiger partial charge in [-0.15, -0.1) is 11.3 Å². The fraction of sp³-hybridized carbons (Fsp3) is 0.538. The molecule has 2 rings (SSSR count). The SMILES string of the molecule is CC(Cc1cccs1)N(C)C(=O)N1CC(C(=O)O)C1. The highest BCUT2D eigenvalue weighted by atomic mass is 32.1. The maximum Gasteiger partial charge on any atom is 0.320 e. The molecule has 0 bridgehead atoms. The smallest absolute Gasteiger partial charge is 0.320 e. The first-order valence-electron chi connectivity index (χ1n) is 6.26. The Kier molecular flexibility index (Phi) is 4.09. The molecule has 2 heterocycles. The average molecular weight is 282 g/mol. The first kappa shape index (κ1) is 13.9. The van der Waals surface area contributed by atoms with Gasteiger partial charge in [0, 0.05) is 37.5 Å². The fourth-order valence-corrected chi connectivity index (χ4v) is 2.89. The Morgan fingerprint density at radius 2 is 2.26 bits per heavy atom. The molecule has 1 aliphatic heterocycles. The predicted molar refractivity (Wildman–Crippen MR) is 73.3 cm³/mol. The molecular formula is C13H18N2O3S. The van der Waals surface area contributed by atoms with Crippen molar-refractivity contribution in [2.75, 3.05) is 20.1 Å². The van der Waals surface area contributed by atoms with E-state index in [4.69, 9.17) is 5.11 Å². The van der Waals surface area contributed by atoms with E-state index in [-0.39, 0.29) is 12.1 Å². The average Bonchev–Trinajstić information content (AvgIpc) is 2.77. The van der Waals surface area contributed by atoms with E-state index in [0.29, 0.717) is 13.1 Å². The summed E-state index contributed by atoms with van der Waals surface area (Å²) in [6.45, 7) is 2.65. The van der Waals surface area contributed by atoms with Gasteiger partial charge >= 0.3 is 12.0 Å². The quantitative estimate of drug-likeness (QED) is 0.915. The molecule has 0 saturated carbocycles. The number of rotatable bonds is 4. The van der Waals surface area contributed by atoms with Crippen molar-refractivity contribution >= 4 is 23.3 Å². The molecule has 0 spiro atoms. The Hall–Kier alpha value is -1.56. The van der Waals surface area contributed by atoms with E-state index >= 15 is 0 Å². The summed E-state index contributed by atoms with van der Waals surface area (Å²) in [7, 11) is 1.77. The van der Waals surface area contributed by atoms with Crippen LogP contribution in [-0.4, -0.2) is 53.1 Å². The number of likely N-dealkylation sites (N-methyl/N-ethyl adjacent to an activating group) is 1. The number of nitrogens with zero attached hydrogens (tertiary/aromatic N) is 2. The van der Waals surface area contributed by atoms with Crippen LogP contribution < -0.4 is 0 Å². The van der Waals surface area contributed by atoms with Crippen LogP contribution in [0, 0.1) is 5.92 Å². The Bertz CT molecular complexity index is 454. The van der Waals surface area contributed by atoms with Gasteiger partial charge < -0.3 is 14.9 Å². The van der Waals surface area contributed by atoms with Crippen LogP contribution in [0.5, 0.6) is 0 Å². The van der Waals surface area contributed by atoms with E-state index in [0.717, 1.165) is 6.42 Å². The van der Waals surface area contributed by atoms with E-state index < -0.39 is 11.9 Å². The molecule has 19 heavy (non-hydrogen) atoms. The zero-order valence-corrected chi connectivity index (χ0v) is 11.9. The van der Waals surface area contributed by atoms with E-state index in [9.17, 15) is 9.59 Å². The largest absolute Gasteiger partial charge is 0.481 e. The van der Waals surface area contributed by atoms with Gasteiger partial charge in [-0.1, -0.05) is 6.07 Å². The summed E-state index contributed by atoms with van der Waals surface area (Å²) in [6.07, 6.45) is 0.829. The number of urea groups is 1. The van der Waals surface area contributed by atoms with Crippen molar-refractivity contribution in [3.05, 3.63) is 22.4 Å². The molecule has 1 saturated heterocycles. The third-order valence-corrected chi connectivity index (χ3v) is 4.44. The second-order valence-electron chi connectivity index (χ2n) is 4.97. The van der Waals surface area contributed by atoms with Gasteiger partial charge in [-0.05, 0) is 18.4 Å². The summed E-state index contributed by atoms with van der Waals surface area (Å²) in [6, 6.07) is 4.09. The Morgan fingerprint density at radius 3 is 2.79 bits per heavy atom. The van der Waals surface area contributed by atoms with E-state index in [2.05, 4.69) is 6.07 Å². The van der Waals surface area contributed by atoms with E-state index in [1.165, 1.54) is 4.88 Å². The summed E-state index contributed by atoms with van der Waals surface area (Å²) >= 11 is 1.68. The second-order valence-corrected chi connectivity index (χ2v) is 6.00.